The van der Waals surface area contributed by atoms with Gasteiger partial charge in [0.05, 0.1) is 6.54 Å². The smallest absolute Gasteiger partial charge is 0.191 e. The molecule has 1 aromatic heterocycles. The number of nitrogens with one attached hydrogen (secondary N) is 2. The average molecular weight is 427 g/mol. The van der Waals surface area contributed by atoms with Crippen LogP contribution in [0.4, 0.5) is 0 Å². The molecule has 1 rings (SSSR count). The first kappa shape index (κ1) is 20.6. The van der Waals surface area contributed by atoms with Gasteiger partial charge in [-0.1, -0.05) is 0 Å². The zero-order chi connectivity index (χ0) is 15.0. The van der Waals surface area contributed by atoms with E-state index in [9.17, 15) is 5.11 Å². The topological polar surface area (TPSA) is 69.8 Å². The van der Waals surface area contributed by atoms with E-state index in [0.29, 0.717) is 11.7 Å². The molecule has 0 radical (unpaired) electrons. The molecular formula is C14H26IN3O2S. The first-order chi connectivity index (χ1) is 9.49. The number of hydrogen-bond acceptors (Lipinski definition) is 4. The van der Waals surface area contributed by atoms with Gasteiger partial charge < -0.3 is 20.2 Å². The number of rotatable bonds is 7. The lowest BCUT2D eigenvalue weighted by molar-refractivity contribution is 0.0428. The predicted molar refractivity (Wildman–Crippen MR) is 101 cm³/mol. The van der Waals surface area contributed by atoms with Crippen LogP contribution in [0.5, 0.6) is 0 Å². The Morgan fingerprint density at radius 1 is 1.43 bits per heavy atom. The summed E-state index contributed by atoms with van der Waals surface area (Å²) in [6, 6.07) is 3.63. The fraction of sp³-hybridized carbons (Fsp3) is 0.643. The molecule has 0 aliphatic heterocycles. The van der Waals surface area contributed by atoms with Crippen molar-refractivity contribution in [2.45, 2.75) is 26.4 Å². The van der Waals surface area contributed by atoms with Crippen LogP contribution in [0.2, 0.25) is 0 Å². The molecule has 1 atom stereocenters. The van der Waals surface area contributed by atoms with E-state index >= 15 is 0 Å². The highest BCUT2D eigenvalue weighted by atomic mass is 127. The summed E-state index contributed by atoms with van der Waals surface area (Å²) in [5.74, 6) is 3.05. The number of hydrogen-bond donors (Lipinski definition) is 3. The van der Waals surface area contributed by atoms with E-state index in [1.165, 1.54) is 0 Å². The molecule has 1 heterocycles. The summed E-state index contributed by atoms with van der Waals surface area (Å²) in [6.07, 6.45) is 2.07. The zero-order valence-corrected chi connectivity index (χ0v) is 16.2. The van der Waals surface area contributed by atoms with Crippen LogP contribution >= 0.6 is 35.7 Å². The molecule has 5 nitrogen and oxygen atoms in total. The van der Waals surface area contributed by atoms with Crippen molar-refractivity contribution in [3.63, 3.8) is 0 Å². The summed E-state index contributed by atoms with van der Waals surface area (Å²) in [6.45, 7) is 7.45. The Morgan fingerprint density at radius 2 is 2.14 bits per heavy atom. The quantitative estimate of drug-likeness (QED) is 0.270. The molecule has 0 spiro atoms. The Kier molecular flexibility index (Phi) is 10.1. The molecule has 0 saturated heterocycles. The molecule has 0 saturated carbocycles. The third-order valence-electron chi connectivity index (χ3n) is 2.76. The molecule has 122 valence electrons. The molecule has 0 aliphatic carbocycles. The summed E-state index contributed by atoms with van der Waals surface area (Å²) < 4.78 is 5.48. The number of halogens is 1. The summed E-state index contributed by atoms with van der Waals surface area (Å²) in [4.78, 5) is 4.42. The van der Waals surface area contributed by atoms with E-state index in [4.69, 9.17) is 4.42 Å². The fourth-order valence-electron chi connectivity index (χ4n) is 1.65. The van der Waals surface area contributed by atoms with Gasteiger partial charge in [-0.3, -0.25) is 0 Å². The van der Waals surface area contributed by atoms with Gasteiger partial charge in [0.15, 0.2) is 5.96 Å². The number of thioether (sulfide) groups is 1. The first-order valence-electron chi connectivity index (χ1n) is 6.80. The Balaban J connectivity index is 0.00000400. The van der Waals surface area contributed by atoms with Crippen LogP contribution in [-0.2, 0) is 5.60 Å². The maximum Gasteiger partial charge on any atom is 0.191 e. The highest BCUT2D eigenvalue weighted by Gasteiger charge is 2.26. The van der Waals surface area contributed by atoms with Crippen molar-refractivity contribution in [1.29, 1.82) is 0 Å². The number of guanidine groups is 1. The highest BCUT2D eigenvalue weighted by Crippen LogP contribution is 2.22. The maximum atomic E-state index is 10.4. The maximum absolute atomic E-state index is 10.4. The monoisotopic (exact) mass is 427 g/mol. The minimum Gasteiger partial charge on any atom is -0.463 e. The lowest BCUT2D eigenvalue weighted by Crippen LogP contribution is -2.39. The Morgan fingerprint density at radius 3 is 2.67 bits per heavy atom. The van der Waals surface area contributed by atoms with Crippen molar-refractivity contribution in [3.05, 3.63) is 23.7 Å². The number of nitrogens with zero attached hydrogens (tertiary/aromatic N) is 1. The molecule has 1 unspecified atom stereocenters. The van der Waals surface area contributed by atoms with Crippen molar-refractivity contribution >= 4 is 41.7 Å². The molecule has 3 N–H and O–H groups in total. The number of aryl methyl sites for hydroxylation is 1. The first-order valence-corrected chi connectivity index (χ1v) is 8.19. The van der Waals surface area contributed by atoms with Crippen LogP contribution in [0, 0.1) is 6.92 Å². The second-order valence-corrected chi connectivity index (χ2v) is 5.78. The van der Waals surface area contributed by atoms with Gasteiger partial charge in [-0.05, 0) is 39.2 Å². The number of aliphatic imine (C=N–C) groups is 1. The molecule has 21 heavy (non-hydrogen) atoms. The third kappa shape index (κ3) is 7.42. The summed E-state index contributed by atoms with van der Waals surface area (Å²) >= 11 is 1.78. The van der Waals surface area contributed by atoms with E-state index in [-0.39, 0.29) is 30.5 Å². The van der Waals surface area contributed by atoms with Crippen molar-refractivity contribution in [3.8, 4) is 0 Å². The second kappa shape index (κ2) is 10.3. The molecule has 7 heteroatoms. The fourth-order valence-corrected chi connectivity index (χ4v) is 1.95. The number of aliphatic hydroxyl groups is 1. The van der Waals surface area contributed by atoms with Crippen LogP contribution < -0.4 is 10.6 Å². The van der Waals surface area contributed by atoms with E-state index < -0.39 is 5.60 Å². The third-order valence-corrected chi connectivity index (χ3v) is 3.37. The zero-order valence-electron chi connectivity index (χ0n) is 13.1. The minimum absolute atomic E-state index is 0. The summed E-state index contributed by atoms with van der Waals surface area (Å²) in [5, 5.41) is 16.8. The lowest BCUT2D eigenvalue weighted by atomic mass is 10.0. The summed E-state index contributed by atoms with van der Waals surface area (Å²) in [5.41, 5.74) is -1.10. The van der Waals surface area contributed by atoms with Crippen LogP contribution in [0.25, 0.3) is 0 Å². The van der Waals surface area contributed by atoms with E-state index in [0.717, 1.165) is 24.6 Å². The Labute approximate surface area is 148 Å². The SMILES string of the molecule is CCNC(=NCC(C)(O)c1ccc(C)o1)NCCSC.I. The van der Waals surface area contributed by atoms with Crippen molar-refractivity contribution < 1.29 is 9.52 Å². The van der Waals surface area contributed by atoms with Gasteiger partial charge in [-0.2, -0.15) is 11.8 Å². The standard InChI is InChI=1S/C14H25N3O2S.HI/c1-5-15-13(16-8-9-20-4)17-10-14(3,18)12-7-6-11(2)19-12;/h6-7,18H,5,8-10H2,1-4H3,(H2,15,16,17);1H. The molecule has 0 amide bonds. The van der Waals surface area contributed by atoms with Crippen LogP contribution in [-0.4, -0.2) is 42.7 Å². The van der Waals surface area contributed by atoms with Crippen molar-refractivity contribution in [2.75, 3.05) is 31.6 Å². The van der Waals surface area contributed by atoms with Gasteiger partial charge >= 0.3 is 0 Å². The van der Waals surface area contributed by atoms with Gasteiger partial charge in [0, 0.05) is 18.8 Å². The Hall–Kier alpha value is -0.410. The lowest BCUT2D eigenvalue weighted by Gasteiger charge is -2.19. The van der Waals surface area contributed by atoms with Gasteiger partial charge in [-0.25, -0.2) is 4.99 Å². The molecule has 0 aromatic carbocycles. The van der Waals surface area contributed by atoms with Gasteiger partial charge in [0.2, 0.25) is 0 Å². The summed E-state index contributed by atoms with van der Waals surface area (Å²) in [7, 11) is 0. The van der Waals surface area contributed by atoms with Gasteiger partial charge in [0.25, 0.3) is 0 Å². The Bertz CT molecular complexity index is 436. The van der Waals surface area contributed by atoms with E-state index in [1.54, 1.807) is 24.8 Å². The van der Waals surface area contributed by atoms with Crippen LogP contribution in [0.1, 0.15) is 25.4 Å². The molecule has 1 aromatic rings. The largest absolute Gasteiger partial charge is 0.463 e. The predicted octanol–water partition coefficient (Wildman–Crippen LogP) is 2.33. The average Bonchev–Trinajstić information content (AvgIpc) is 2.84. The van der Waals surface area contributed by atoms with Crippen molar-refractivity contribution in [2.24, 2.45) is 4.99 Å². The second-order valence-electron chi connectivity index (χ2n) is 4.80. The van der Waals surface area contributed by atoms with Crippen molar-refractivity contribution in [1.82, 2.24) is 10.6 Å². The minimum atomic E-state index is -1.10. The van der Waals surface area contributed by atoms with E-state index in [1.807, 2.05) is 19.9 Å². The molecular weight excluding hydrogens is 401 g/mol. The molecule has 0 bridgehead atoms. The number of furan rings is 1. The van der Waals surface area contributed by atoms with Gasteiger partial charge in [0.1, 0.15) is 17.1 Å². The normalized spacial score (nSPS) is 14.2. The van der Waals surface area contributed by atoms with Gasteiger partial charge in [-0.15, -0.1) is 24.0 Å². The van der Waals surface area contributed by atoms with Crippen LogP contribution in [0.15, 0.2) is 21.5 Å². The van der Waals surface area contributed by atoms with Crippen LogP contribution in [0.3, 0.4) is 0 Å². The molecule has 0 fully saturated rings. The van der Waals surface area contributed by atoms with E-state index in [2.05, 4.69) is 21.9 Å². The molecule has 0 aliphatic rings. The highest BCUT2D eigenvalue weighted by molar-refractivity contribution is 14.0.